The molecule has 2 N–H and O–H groups in total. The third-order valence-corrected chi connectivity index (χ3v) is 8.56. The maximum absolute atomic E-state index is 12.7. The first-order valence-electron chi connectivity index (χ1n) is 14.7. The number of carbonyl (C=O) groups excluding carboxylic acids is 1. The first-order valence-corrected chi connectivity index (χ1v) is 15.1. The number of anilines is 3. The third-order valence-electron chi connectivity index (χ3n) is 8.38. The molecule has 2 aromatic rings. The molecule has 41 heavy (non-hydrogen) atoms. The monoisotopic (exact) mass is 585 g/mol. The van der Waals surface area contributed by atoms with Crippen molar-refractivity contribution in [3.8, 4) is 5.88 Å². The molecule has 1 aliphatic carbocycles. The quantitative estimate of drug-likeness (QED) is 0.513. The molecular formula is C29H40ClN7O4. The highest BCUT2D eigenvalue weighted by atomic mass is 35.5. The van der Waals surface area contributed by atoms with E-state index in [1.54, 1.807) is 11.0 Å². The fourth-order valence-electron chi connectivity index (χ4n) is 6.46. The Morgan fingerprint density at radius 3 is 2.54 bits per heavy atom. The van der Waals surface area contributed by atoms with Crippen molar-refractivity contribution >= 4 is 34.9 Å². The summed E-state index contributed by atoms with van der Waals surface area (Å²) in [5, 5.41) is 8.20. The highest BCUT2D eigenvalue weighted by molar-refractivity contribution is 6.29. The summed E-state index contributed by atoms with van der Waals surface area (Å²) in [4.78, 5) is 23.7. The van der Waals surface area contributed by atoms with Crippen molar-refractivity contribution < 1.29 is 19.0 Å². The van der Waals surface area contributed by atoms with Gasteiger partial charge in [0, 0.05) is 68.6 Å². The summed E-state index contributed by atoms with van der Waals surface area (Å²) >= 11 is 6.11. The van der Waals surface area contributed by atoms with Gasteiger partial charge < -0.3 is 29.7 Å². The Balaban J connectivity index is 1.03. The number of halogens is 1. The van der Waals surface area contributed by atoms with E-state index in [4.69, 9.17) is 31.5 Å². The summed E-state index contributed by atoms with van der Waals surface area (Å²) in [6.07, 6.45) is 8.00. The van der Waals surface area contributed by atoms with Crippen LogP contribution in [0.4, 0.5) is 22.0 Å². The van der Waals surface area contributed by atoms with Gasteiger partial charge in [-0.05, 0) is 58.9 Å². The minimum absolute atomic E-state index is 0.0433. The molecule has 5 heterocycles. The number of hydrogen-bond donors (Lipinski definition) is 1. The summed E-state index contributed by atoms with van der Waals surface area (Å²) in [5.74, 6) is 1.04. The van der Waals surface area contributed by atoms with Crippen molar-refractivity contribution in [3.05, 3.63) is 29.5 Å². The molecule has 4 aliphatic rings. The summed E-state index contributed by atoms with van der Waals surface area (Å²) in [5.41, 5.74) is 7.58. The van der Waals surface area contributed by atoms with Crippen molar-refractivity contribution in [2.75, 3.05) is 35.2 Å². The summed E-state index contributed by atoms with van der Waals surface area (Å²) in [7, 11) is 0. The van der Waals surface area contributed by atoms with E-state index in [1.807, 2.05) is 27.0 Å². The van der Waals surface area contributed by atoms with Crippen LogP contribution in [0.3, 0.4) is 0 Å². The smallest absolute Gasteiger partial charge is 0.412 e. The van der Waals surface area contributed by atoms with E-state index >= 15 is 0 Å². The summed E-state index contributed by atoms with van der Waals surface area (Å²) in [6.45, 7) is 8.01. The maximum atomic E-state index is 12.7. The van der Waals surface area contributed by atoms with Crippen LogP contribution >= 0.6 is 11.6 Å². The highest BCUT2D eigenvalue weighted by Crippen LogP contribution is 2.39. The van der Waals surface area contributed by atoms with Crippen LogP contribution in [0.2, 0.25) is 5.15 Å². The van der Waals surface area contributed by atoms with Gasteiger partial charge in [0.2, 0.25) is 5.88 Å². The van der Waals surface area contributed by atoms with Gasteiger partial charge in [0.1, 0.15) is 17.9 Å². The number of carbonyl (C=O) groups is 1. The Morgan fingerprint density at radius 1 is 1.05 bits per heavy atom. The van der Waals surface area contributed by atoms with Crippen LogP contribution in [-0.4, -0.2) is 81.9 Å². The Kier molecular flexibility index (Phi) is 7.76. The molecule has 2 aromatic heterocycles. The van der Waals surface area contributed by atoms with Crippen LogP contribution in [0.15, 0.2) is 24.4 Å². The van der Waals surface area contributed by atoms with E-state index in [2.05, 4.69) is 37.1 Å². The summed E-state index contributed by atoms with van der Waals surface area (Å²) < 4.78 is 18.2. The Bertz CT molecular complexity index is 1240. The normalized spacial score (nSPS) is 27.9. The molecule has 6 rings (SSSR count). The van der Waals surface area contributed by atoms with Gasteiger partial charge in [-0.1, -0.05) is 11.6 Å². The van der Waals surface area contributed by atoms with Crippen LogP contribution in [-0.2, 0) is 9.47 Å². The van der Waals surface area contributed by atoms with E-state index in [9.17, 15) is 4.79 Å². The zero-order valence-electron chi connectivity index (χ0n) is 24.0. The van der Waals surface area contributed by atoms with Gasteiger partial charge in [0.25, 0.3) is 0 Å². The lowest BCUT2D eigenvalue weighted by Gasteiger charge is -2.43. The van der Waals surface area contributed by atoms with Crippen molar-refractivity contribution in [1.82, 2.24) is 20.1 Å². The average Bonchev–Trinajstić information content (AvgIpc) is 3.17. The zero-order valence-corrected chi connectivity index (χ0v) is 24.8. The lowest BCUT2D eigenvalue weighted by atomic mass is 9.91. The predicted octanol–water partition coefficient (Wildman–Crippen LogP) is 4.64. The number of likely N-dealkylation sites (tertiary alicyclic amines) is 1. The van der Waals surface area contributed by atoms with Gasteiger partial charge in [-0.25, -0.2) is 9.78 Å². The third kappa shape index (κ3) is 6.25. The first kappa shape index (κ1) is 28.1. The van der Waals surface area contributed by atoms with E-state index in [0.29, 0.717) is 35.5 Å². The van der Waals surface area contributed by atoms with Crippen molar-refractivity contribution in [2.24, 2.45) is 0 Å². The van der Waals surface area contributed by atoms with Crippen LogP contribution in [0.25, 0.3) is 0 Å². The van der Waals surface area contributed by atoms with E-state index in [0.717, 1.165) is 69.4 Å². The molecule has 11 nitrogen and oxygen atoms in total. The van der Waals surface area contributed by atoms with Gasteiger partial charge >= 0.3 is 6.09 Å². The van der Waals surface area contributed by atoms with Crippen LogP contribution < -0.4 is 20.3 Å². The van der Waals surface area contributed by atoms with Crippen molar-refractivity contribution in [3.63, 3.8) is 0 Å². The lowest BCUT2D eigenvalue weighted by molar-refractivity contribution is -0.154. The number of pyridine rings is 1. The number of hydrogen-bond acceptors (Lipinski definition) is 10. The van der Waals surface area contributed by atoms with Gasteiger partial charge in [-0.15, -0.1) is 10.2 Å². The molecular weight excluding hydrogens is 546 g/mol. The molecule has 3 atom stereocenters. The number of nitrogen functional groups attached to an aromatic ring is 1. The van der Waals surface area contributed by atoms with Gasteiger partial charge in [-0.2, -0.15) is 0 Å². The zero-order chi connectivity index (χ0) is 28.7. The molecule has 0 radical (unpaired) electrons. The maximum Gasteiger partial charge on any atom is 0.412 e. The van der Waals surface area contributed by atoms with Gasteiger partial charge in [0.15, 0.2) is 11.0 Å². The topological polar surface area (TPSA) is 119 Å². The number of nitrogens with two attached hydrogens (primary N) is 1. The number of aromatic nitrogens is 3. The number of amides is 1. The molecule has 222 valence electrons. The fourth-order valence-corrected chi connectivity index (χ4v) is 6.60. The SMILES string of the molecule is CC(C)(C)OC(=O)N1CCCCC1OC1CC(Oc2cc(N3C4CCC3CN(c3cc(Cl)nnc3N)C4)ccn2)C1. The number of ether oxygens (including phenoxy) is 3. The Morgan fingerprint density at radius 2 is 1.80 bits per heavy atom. The molecule has 3 aliphatic heterocycles. The first-order chi connectivity index (χ1) is 19.6. The van der Waals surface area contributed by atoms with E-state index < -0.39 is 5.60 Å². The van der Waals surface area contributed by atoms with E-state index in [-0.39, 0.29) is 24.5 Å². The average molecular weight is 586 g/mol. The number of piperazine rings is 1. The number of rotatable bonds is 6. The van der Waals surface area contributed by atoms with Gasteiger partial charge in [0.05, 0.1) is 11.8 Å². The predicted molar refractivity (Wildman–Crippen MR) is 156 cm³/mol. The Hall–Kier alpha value is -3.05. The molecule has 2 bridgehead atoms. The van der Waals surface area contributed by atoms with Gasteiger partial charge in [-0.3, -0.25) is 4.90 Å². The molecule has 1 amide bonds. The highest BCUT2D eigenvalue weighted by Gasteiger charge is 2.42. The standard InChI is InChI=1S/C29H40ClN7O4/c1-29(2,3)41-28(38)36-11-5-4-6-26(36)40-22-13-21(14-22)39-25-12-18(9-10-32-25)37-19-7-8-20(37)17-35(16-19)23-15-24(30)33-34-27(23)31/h9-10,12,15,19-22,26H,4-8,11,13-14,16-17H2,1-3H3,(H2,31,34). The van der Waals surface area contributed by atoms with Crippen LogP contribution in [0.5, 0.6) is 5.88 Å². The summed E-state index contributed by atoms with van der Waals surface area (Å²) in [6, 6.07) is 6.62. The van der Waals surface area contributed by atoms with E-state index in [1.165, 1.54) is 0 Å². The lowest BCUT2D eigenvalue weighted by Crippen LogP contribution is -2.54. The number of nitrogens with zero attached hydrogens (tertiary/aromatic N) is 6. The largest absolute Gasteiger partial charge is 0.474 e. The molecule has 4 fully saturated rings. The van der Waals surface area contributed by atoms with Crippen molar-refractivity contribution in [1.29, 1.82) is 0 Å². The molecule has 3 saturated heterocycles. The Labute approximate surface area is 246 Å². The second-order valence-corrected chi connectivity index (χ2v) is 13.0. The minimum atomic E-state index is -0.525. The second kappa shape index (κ2) is 11.3. The minimum Gasteiger partial charge on any atom is -0.474 e. The number of fused-ring (bicyclic) bond motifs is 2. The van der Waals surface area contributed by atoms with Crippen LogP contribution in [0, 0.1) is 0 Å². The molecule has 1 saturated carbocycles. The molecule has 3 unspecified atom stereocenters. The fraction of sp³-hybridized carbons (Fsp3) is 0.655. The van der Waals surface area contributed by atoms with Crippen molar-refractivity contribution in [2.45, 2.75) is 102 Å². The molecule has 0 aromatic carbocycles. The molecule has 12 heteroatoms. The molecule has 0 spiro atoms. The van der Waals surface area contributed by atoms with Crippen LogP contribution in [0.1, 0.15) is 65.7 Å². The number of piperidine rings is 1. The second-order valence-electron chi connectivity index (χ2n) is 12.6.